The second-order valence-electron chi connectivity index (χ2n) is 2.62. The minimum absolute atomic E-state index is 0.209. The summed E-state index contributed by atoms with van der Waals surface area (Å²) in [6.07, 6.45) is 0.344. The lowest BCUT2D eigenvalue weighted by Crippen LogP contribution is -2.26. The molecule has 1 unspecified atom stereocenters. The third kappa shape index (κ3) is 2.23. The maximum absolute atomic E-state index is 12.6. The van der Waals surface area contributed by atoms with E-state index in [2.05, 4.69) is 5.32 Å². The van der Waals surface area contributed by atoms with Crippen LogP contribution in [-0.4, -0.2) is 32.0 Å². The van der Waals surface area contributed by atoms with E-state index in [0.29, 0.717) is 6.54 Å². The quantitative estimate of drug-likeness (QED) is 0.590. The van der Waals surface area contributed by atoms with Crippen LogP contribution in [0.3, 0.4) is 0 Å². The molecule has 0 spiro atoms. The van der Waals surface area contributed by atoms with Crippen molar-refractivity contribution in [1.29, 1.82) is 0 Å². The molecule has 10 heavy (non-hydrogen) atoms. The topological polar surface area (TPSA) is 21.3 Å². The van der Waals surface area contributed by atoms with Gasteiger partial charge in [-0.25, -0.2) is 4.39 Å². The molecule has 1 fully saturated rings. The lowest BCUT2D eigenvalue weighted by molar-refractivity contribution is 0.0379. The Morgan fingerprint density at radius 3 is 3.10 bits per heavy atom. The van der Waals surface area contributed by atoms with Crippen LogP contribution in [-0.2, 0) is 4.74 Å². The molecule has 1 rings (SSSR count). The van der Waals surface area contributed by atoms with Crippen LogP contribution in [0.1, 0.15) is 13.3 Å². The van der Waals surface area contributed by atoms with E-state index < -0.39 is 6.17 Å². The highest BCUT2D eigenvalue weighted by atomic mass is 19.1. The van der Waals surface area contributed by atoms with Gasteiger partial charge in [0.05, 0.1) is 12.7 Å². The molecule has 1 aliphatic heterocycles. The normalized spacial score (nSPS) is 35.4. The fourth-order valence-corrected chi connectivity index (χ4v) is 1.02. The molecule has 0 saturated carbocycles. The van der Waals surface area contributed by atoms with Crippen molar-refractivity contribution in [2.75, 3.05) is 19.7 Å². The monoisotopic (exact) mass is 147 g/mol. The Kier molecular flexibility index (Phi) is 3.09. The molecule has 0 radical (unpaired) electrons. The van der Waals surface area contributed by atoms with Gasteiger partial charge in [-0.05, 0) is 6.42 Å². The number of hydrogen-bond acceptors (Lipinski definition) is 2. The van der Waals surface area contributed by atoms with Gasteiger partial charge < -0.3 is 10.1 Å². The second kappa shape index (κ2) is 3.88. The van der Waals surface area contributed by atoms with Crippen LogP contribution in [0, 0.1) is 0 Å². The molecular weight excluding hydrogens is 133 g/mol. The molecule has 0 aromatic heterocycles. The van der Waals surface area contributed by atoms with E-state index in [1.165, 1.54) is 0 Å². The summed E-state index contributed by atoms with van der Waals surface area (Å²) in [4.78, 5) is 0. The Morgan fingerprint density at radius 2 is 2.40 bits per heavy atom. The summed E-state index contributed by atoms with van der Waals surface area (Å²) in [5.74, 6) is 0. The van der Waals surface area contributed by atoms with E-state index in [-0.39, 0.29) is 12.7 Å². The predicted molar refractivity (Wildman–Crippen MR) is 37.8 cm³/mol. The first-order chi connectivity index (χ1) is 4.83. The molecular formula is C7H14FNO. The number of rotatable bonds is 1. The third-order valence-electron chi connectivity index (χ3n) is 1.71. The van der Waals surface area contributed by atoms with Gasteiger partial charge in [-0.2, -0.15) is 0 Å². The summed E-state index contributed by atoms with van der Waals surface area (Å²) in [5, 5.41) is 3.00. The zero-order valence-electron chi connectivity index (χ0n) is 6.27. The Balaban J connectivity index is 2.26. The van der Waals surface area contributed by atoms with Crippen molar-refractivity contribution in [3.05, 3.63) is 0 Å². The number of hydrogen-bond donors (Lipinski definition) is 1. The van der Waals surface area contributed by atoms with Gasteiger partial charge in [-0.1, -0.05) is 6.92 Å². The van der Waals surface area contributed by atoms with Crippen molar-refractivity contribution in [2.24, 2.45) is 0 Å². The van der Waals surface area contributed by atoms with Gasteiger partial charge in [0.25, 0.3) is 0 Å². The largest absolute Gasteiger partial charge is 0.374 e. The van der Waals surface area contributed by atoms with Crippen molar-refractivity contribution in [2.45, 2.75) is 25.6 Å². The van der Waals surface area contributed by atoms with E-state index >= 15 is 0 Å². The Bertz CT molecular complexity index is 99.6. The standard InChI is InChI=1S/C7H14FNO/c1-2-7-4-9-3-6(8)5-10-7/h6-7,9H,2-5H2,1H3/t6-,7?/m0/s1. The Hall–Kier alpha value is -0.150. The first-order valence-corrected chi connectivity index (χ1v) is 3.79. The van der Waals surface area contributed by atoms with Crippen LogP contribution < -0.4 is 5.32 Å². The van der Waals surface area contributed by atoms with Crippen molar-refractivity contribution < 1.29 is 9.13 Å². The van der Waals surface area contributed by atoms with Crippen LogP contribution >= 0.6 is 0 Å². The maximum atomic E-state index is 12.6. The Labute approximate surface area is 60.8 Å². The van der Waals surface area contributed by atoms with Gasteiger partial charge in [-0.15, -0.1) is 0 Å². The summed E-state index contributed by atoms with van der Waals surface area (Å²) in [6, 6.07) is 0. The molecule has 1 saturated heterocycles. The molecule has 2 nitrogen and oxygen atoms in total. The zero-order valence-corrected chi connectivity index (χ0v) is 6.27. The van der Waals surface area contributed by atoms with Crippen molar-refractivity contribution in [3.8, 4) is 0 Å². The average molecular weight is 147 g/mol. The van der Waals surface area contributed by atoms with Gasteiger partial charge in [0.2, 0.25) is 0 Å². The van der Waals surface area contributed by atoms with Crippen molar-refractivity contribution >= 4 is 0 Å². The van der Waals surface area contributed by atoms with E-state index in [4.69, 9.17) is 4.74 Å². The minimum Gasteiger partial charge on any atom is -0.374 e. The highest BCUT2D eigenvalue weighted by Crippen LogP contribution is 2.03. The zero-order chi connectivity index (χ0) is 7.40. The molecule has 1 heterocycles. The van der Waals surface area contributed by atoms with Crippen molar-refractivity contribution in [1.82, 2.24) is 5.32 Å². The predicted octanol–water partition coefficient (Wildman–Crippen LogP) is 0.723. The lowest BCUT2D eigenvalue weighted by atomic mass is 10.3. The fraction of sp³-hybridized carbons (Fsp3) is 1.00. The maximum Gasteiger partial charge on any atom is 0.136 e. The lowest BCUT2D eigenvalue weighted by Gasteiger charge is -2.10. The first-order valence-electron chi connectivity index (χ1n) is 3.79. The Morgan fingerprint density at radius 1 is 1.60 bits per heavy atom. The molecule has 3 heteroatoms. The summed E-state index contributed by atoms with van der Waals surface area (Å²) in [7, 11) is 0. The van der Waals surface area contributed by atoms with E-state index in [1.807, 2.05) is 6.92 Å². The molecule has 0 amide bonds. The van der Waals surface area contributed by atoms with Gasteiger partial charge >= 0.3 is 0 Å². The number of nitrogens with one attached hydrogen (secondary N) is 1. The van der Waals surface area contributed by atoms with E-state index in [9.17, 15) is 4.39 Å². The smallest absolute Gasteiger partial charge is 0.136 e. The first kappa shape index (κ1) is 7.95. The number of halogens is 1. The van der Waals surface area contributed by atoms with Crippen LogP contribution in [0.4, 0.5) is 4.39 Å². The summed E-state index contributed by atoms with van der Waals surface area (Å²) in [5.41, 5.74) is 0. The molecule has 0 aromatic carbocycles. The molecule has 0 bridgehead atoms. The van der Waals surface area contributed by atoms with E-state index in [1.54, 1.807) is 0 Å². The molecule has 0 aromatic rings. The van der Waals surface area contributed by atoms with E-state index in [0.717, 1.165) is 13.0 Å². The van der Waals surface area contributed by atoms with Gasteiger partial charge in [0, 0.05) is 13.1 Å². The number of ether oxygens (including phenoxy) is 1. The second-order valence-corrected chi connectivity index (χ2v) is 2.62. The molecule has 0 aliphatic carbocycles. The van der Waals surface area contributed by atoms with Crippen molar-refractivity contribution in [3.63, 3.8) is 0 Å². The molecule has 60 valence electrons. The summed E-state index contributed by atoms with van der Waals surface area (Å²) in [6.45, 7) is 3.53. The molecule has 1 aliphatic rings. The van der Waals surface area contributed by atoms with Crippen LogP contribution in [0.2, 0.25) is 0 Å². The summed E-state index contributed by atoms with van der Waals surface area (Å²) < 4.78 is 17.8. The SMILES string of the molecule is CCC1CNC[C@H](F)CO1. The molecule has 1 N–H and O–H groups in total. The van der Waals surface area contributed by atoms with Gasteiger partial charge in [0.15, 0.2) is 0 Å². The minimum atomic E-state index is -0.823. The third-order valence-corrected chi connectivity index (χ3v) is 1.71. The highest BCUT2D eigenvalue weighted by molar-refractivity contribution is 4.69. The van der Waals surface area contributed by atoms with Crippen LogP contribution in [0.25, 0.3) is 0 Å². The fourth-order valence-electron chi connectivity index (χ4n) is 1.02. The molecule has 2 atom stereocenters. The van der Waals surface area contributed by atoms with Crippen LogP contribution in [0.15, 0.2) is 0 Å². The van der Waals surface area contributed by atoms with Gasteiger partial charge in [-0.3, -0.25) is 0 Å². The highest BCUT2D eigenvalue weighted by Gasteiger charge is 2.15. The number of alkyl halides is 1. The average Bonchev–Trinajstić information content (AvgIpc) is 2.14. The summed E-state index contributed by atoms with van der Waals surface area (Å²) >= 11 is 0. The van der Waals surface area contributed by atoms with Gasteiger partial charge in [0.1, 0.15) is 6.17 Å². The van der Waals surface area contributed by atoms with Crippen LogP contribution in [0.5, 0.6) is 0 Å².